The standard InChI is InChI=1S/C11H22N4O3/c1-5-11(4,7(12)15-18)9(17)14-6-10(2,3)8(13)16/h18H,5-6H2,1-4H3,(H2,12,15)(H2,13,16)(H,14,17). The zero-order valence-corrected chi connectivity index (χ0v) is 11.3. The van der Waals surface area contributed by atoms with Crippen molar-refractivity contribution in [1.82, 2.24) is 5.32 Å². The summed E-state index contributed by atoms with van der Waals surface area (Å²) in [6, 6.07) is 0. The Hall–Kier alpha value is -1.79. The smallest absolute Gasteiger partial charge is 0.233 e. The minimum Gasteiger partial charge on any atom is -0.409 e. The SMILES string of the molecule is CCC(C)(C(=O)NCC(C)(C)C(N)=O)C(N)=NO. The van der Waals surface area contributed by atoms with Gasteiger partial charge < -0.3 is 22.0 Å². The molecule has 7 heteroatoms. The molecule has 0 aliphatic carbocycles. The lowest BCUT2D eigenvalue weighted by atomic mass is 9.84. The van der Waals surface area contributed by atoms with Gasteiger partial charge in [0.05, 0.1) is 5.41 Å². The molecule has 0 saturated heterocycles. The third-order valence-electron chi connectivity index (χ3n) is 3.24. The predicted molar refractivity (Wildman–Crippen MR) is 67.8 cm³/mol. The van der Waals surface area contributed by atoms with Gasteiger partial charge in [0.15, 0.2) is 5.84 Å². The zero-order chi connectivity index (χ0) is 14.6. The van der Waals surface area contributed by atoms with E-state index in [1.54, 1.807) is 27.7 Å². The highest BCUT2D eigenvalue weighted by Gasteiger charge is 2.37. The van der Waals surface area contributed by atoms with E-state index in [0.29, 0.717) is 6.42 Å². The van der Waals surface area contributed by atoms with Crippen LogP contribution in [0.4, 0.5) is 0 Å². The summed E-state index contributed by atoms with van der Waals surface area (Å²) in [5.74, 6) is -1.08. The molecule has 0 aliphatic heterocycles. The van der Waals surface area contributed by atoms with E-state index < -0.39 is 22.6 Å². The lowest BCUT2D eigenvalue weighted by Crippen LogP contribution is -2.51. The van der Waals surface area contributed by atoms with Gasteiger partial charge in [0.1, 0.15) is 5.41 Å². The Morgan fingerprint density at radius 3 is 2.11 bits per heavy atom. The first kappa shape index (κ1) is 16.2. The van der Waals surface area contributed by atoms with E-state index in [0.717, 1.165) is 0 Å². The number of primary amides is 1. The summed E-state index contributed by atoms with van der Waals surface area (Å²) in [4.78, 5) is 23.2. The average molecular weight is 258 g/mol. The molecule has 0 aliphatic rings. The van der Waals surface area contributed by atoms with Gasteiger partial charge in [-0.25, -0.2) is 0 Å². The quantitative estimate of drug-likeness (QED) is 0.227. The number of amides is 2. The van der Waals surface area contributed by atoms with Crippen LogP contribution in [0.2, 0.25) is 0 Å². The molecule has 18 heavy (non-hydrogen) atoms. The fourth-order valence-electron chi connectivity index (χ4n) is 1.15. The first-order valence-electron chi connectivity index (χ1n) is 5.68. The van der Waals surface area contributed by atoms with Crippen LogP contribution < -0.4 is 16.8 Å². The molecule has 0 aromatic heterocycles. The highest BCUT2D eigenvalue weighted by Crippen LogP contribution is 2.22. The molecule has 0 heterocycles. The van der Waals surface area contributed by atoms with Crippen molar-refractivity contribution in [3.63, 3.8) is 0 Å². The van der Waals surface area contributed by atoms with Crippen molar-refractivity contribution < 1.29 is 14.8 Å². The summed E-state index contributed by atoms with van der Waals surface area (Å²) in [7, 11) is 0. The van der Waals surface area contributed by atoms with Crippen LogP contribution in [0, 0.1) is 10.8 Å². The Morgan fingerprint density at radius 2 is 1.78 bits per heavy atom. The first-order chi connectivity index (χ1) is 8.11. The normalized spacial score (nSPS) is 15.9. The molecule has 0 spiro atoms. The Morgan fingerprint density at radius 1 is 1.28 bits per heavy atom. The van der Waals surface area contributed by atoms with Gasteiger partial charge in [-0.15, -0.1) is 0 Å². The molecular formula is C11H22N4O3. The molecule has 0 aromatic rings. The number of amidine groups is 1. The van der Waals surface area contributed by atoms with Gasteiger partial charge in [-0.3, -0.25) is 9.59 Å². The molecule has 6 N–H and O–H groups in total. The van der Waals surface area contributed by atoms with Crippen LogP contribution in [0.25, 0.3) is 0 Å². The number of oxime groups is 1. The first-order valence-corrected chi connectivity index (χ1v) is 5.68. The van der Waals surface area contributed by atoms with Crippen LogP contribution in [0.15, 0.2) is 5.16 Å². The van der Waals surface area contributed by atoms with Crippen LogP contribution in [0.1, 0.15) is 34.1 Å². The fourth-order valence-corrected chi connectivity index (χ4v) is 1.15. The van der Waals surface area contributed by atoms with Crippen LogP contribution in [0.5, 0.6) is 0 Å². The second-order valence-electron chi connectivity index (χ2n) is 5.10. The van der Waals surface area contributed by atoms with Crippen LogP contribution in [0.3, 0.4) is 0 Å². The summed E-state index contributed by atoms with van der Waals surface area (Å²) < 4.78 is 0. The average Bonchev–Trinajstić information content (AvgIpc) is 2.33. The second-order valence-corrected chi connectivity index (χ2v) is 5.10. The monoisotopic (exact) mass is 258 g/mol. The topological polar surface area (TPSA) is 131 Å². The van der Waals surface area contributed by atoms with Crippen molar-refractivity contribution in [3.8, 4) is 0 Å². The number of nitrogens with two attached hydrogens (primary N) is 2. The molecule has 104 valence electrons. The summed E-state index contributed by atoms with van der Waals surface area (Å²) in [5.41, 5.74) is 8.75. The number of hydrogen-bond donors (Lipinski definition) is 4. The van der Waals surface area contributed by atoms with Gasteiger partial charge >= 0.3 is 0 Å². The third kappa shape index (κ3) is 3.35. The van der Waals surface area contributed by atoms with E-state index in [4.69, 9.17) is 16.7 Å². The molecule has 0 fully saturated rings. The molecule has 0 rings (SSSR count). The zero-order valence-electron chi connectivity index (χ0n) is 11.3. The van der Waals surface area contributed by atoms with E-state index in [9.17, 15) is 9.59 Å². The lowest BCUT2D eigenvalue weighted by molar-refractivity contribution is -0.129. The van der Waals surface area contributed by atoms with E-state index in [-0.39, 0.29) is 12.4 Å². The number of rotatable bonds is 6. The number of carbonyl (C=O) groups is 2. The minimum atomic E-state index is -1.11. The molecule has 2 amide bonds. The highest BCUT2D eigenvalue weighted by molar-refractivity contribution is 6.06. The number of carbonyl (C=O) groups excluding carboxylic acids is 2. The van der Waals surface area contributed by atoms with Gasteiger partial charge in [0, 0.05) is 6.54 Å². The highest BCUT2D eigenvalue weighted by atomic mass is 16.4. The predicted octanol–water partition coefficient (Wildman–Crippen LogP) is -0.223. The van der Waals surface area contributed by atoms with Crippen molar-refractivity contribution in [1.29, 1.82) is 0 Å². The molecule has 1 unspecified atom stereocenters. The van der Waals surface area contributed by atoms with E-state index >= 15 is 0 Å². The molecule has 7 nitrogen and oxygen atoms in total. The van der Waals surface area contributed by atoms with Gasteiger partial charge in [-0.1, -0.05) is 12.1 Å². The van der Waals surface area contributed by atoms with Gasteiger partial charge in [-0.2, -0.15) is 0 Å². The Labute approximate surface area is 107 Å². The number of hydrogen-bond acceptors (Lipinski definition) is 4. The lowest BCUT2D eigenvalue weighted by Gasteiger charge is -2.28. The van der Waals surface area contributed by atoms with Gasteiger partial charge in [-0.05, 0) is 27.2 Å². The largest absolute Gasteiger partial charge is 0.409 e. The van der Waals surface area contributed by atoms with E-state index in [1.807, 2.05) is 0 Å². The minimum absolute atomic E-state index is 0.0927. The number of nitrogens with one attached hydrogen (secondary N) is 1. The molecule has 0 saturated carbocycles. The Bertz CT molecular complexity index is 365. The molecule has 0 aromatic carbocycles. The van der Waals surface area contributed by atoms with Gasteiger partial charge in [0.25, 0.3) is 0 Å². The van der Waals surface area contributed by atoms with Crippen molar-refractivity contribution in [2.24, 2.45) is 27.5 Å². The summed E-state index contributed by atoms with van der Waals surface area (Å²) in [6.07, 6.45) is 0.367. The summed E-state index contributed by atoms with van der Waals surface area (Å²) in [6.45, 7) is 6.66. The Balaban J connectivity index is 4.82. The van der Waals surface area contributed by atoms with E-state index in [2.05, 4.69) is 10.5 Å². The summed E-state index contributed by atoms with van der Waals surface area (Å²) in [5, 5.41) is 14.1. The number of nitrogens with zero attached hydrogens (tertiary/aromatic N) is 1. The molecular weight excluding hydrogens is 236 g/mol. The van der Waals surface area contributed by atoms with Gasteiger partial charge in [0.2, 0.25) is 11.8 Å². The van der Waals surface area contributed by atoms with Crippen molar-refractivity contribution >= 4 is 17.6 Å². The maximum atomic E-state index is 12.0. The maximum Gasteiger partial charge on any atom is 0.233 e. The second kappa shape index (κ2) is 5.70. The third-order valence-corrected chi connectivity index (χ3v) is 3.24. The molecule has 0 radical (unpaired) electrons. The van der Waals surface area contributed by atoms with Crippen molar-refractivity contribution in [2.75, 3.05) is 6.54 Å². The summed E-state index contributed by atoms with van der Waals surface area (Å²) >= 11 is 0. The Kier molecular flexibility index (Phi) is 5.13. The van der Waals surface area contributed by atoms with E-state index in [1.165, 1.54) is 0 Å². The maximum absolute atomic E-state index is 12.0. The van der Waals surface area contributed by atoms with Crippen LogP contribution in [-0.2, 0) is 9.59 Å². The van der Waals surface area contributed by atoms with Crippen LogP contribution >= 0.6 is 0 Å². The van der Waals surface area contributed by atoms with Crippen LogP contribution in [-0.4, -0.2) is 29.4 Å². The molecule has 0 bridgehead atoms. The molecule has 1 atom stereocenters. The fraction of sp³-hybridized carbons (Fsp3) is 0.727. The van der Waals surface area contributed by atoms with Crippen molar-refractivity contribution in [3.05, 3.63) is 0 Å². The van der Waals surface area contributed by atoms with Crippen molar-refractivity contribution in [2.45, 2.75) is 34.1 Å².